The van der Waals surface area contributed by atoms with Crippen molar-refractivity contribution in [1.29, 1.82) is 0 Å². The van der Waals surface area contributed by atoms with Crippen LogP contribution >= 0.6 is 0 Å². The Bertz CT molecular complexity index is 1060. The molecule has 1 atom stereocenters. The number of hydrogen-bond acceptors (Lipinski definition) is 8. The van der Waals surface area contributed by atoms with Gasteiger partial charge >= 0.3 is 12.1 Å². The fourth-order valence-electron chi connectivity index (χ4n) is 3.77. The number of carbonyl (C=O) groups excluding carboxylic acids is 3. The number of cyclic esters (lactones) is 1. The summed E-state index contributed by atoms with van der Waals surface area (Å²) >= 11 is 0. The first kappa shape index (κ1) is 25.4. The zero-order valence-electron chi connectivity index (χ0n) is 19.2. The number of anilines is 1. The number of ether oxygens (including phenoxy) is 2. The lowest BCUT2D eigenvalue weighted by atomic mass is 10.2. The molecule has 1 aromatic carbocycles. The van der Waals surface area contributed by atoms with E-state index in [1.165, 1.54) is 4.90 Å². The molecular formula is C21H29N5O7S. The molecule has 0 aromatic heterocycles. The van der Waals surface area contributed by atoms with Gasteiger partial charge in [0.2, 0.25) is 5.91 Å². The summed E-state index contributed by atoms with van der Waals surface area (Å²) in [5.41, 5.74) is 6.70. The van der Waals surface area contributed by atoms with Gasteiger partial charge in [-0.2, -0.15) is 0 Å². The van der Waals surface area contributed by atoms with E-state index >= 15 is 0 Å². The standard InChI is InChI=1S/C21H29N5O7S/c1-3-32-19(28)8-9-25-11-10-24(14-18(25)27)12-17-13-26(21(29)33-17)16-6-4-15(5-7-16)20(22)23-34(2,30)31/h4-7,17H,3,8-14H2,1-2H3,(H2,22,23). The first-order chi connectivity index (χ1) is 16.1. The zero-order chi connectivity index (χ0) is 24.9. The highest BCUT2D eigenvalue weighted by atomic mass is 32.2. The van der Waals surface area contributed by atoms with Crippen molar-refractivity contribution in [3.05, 3.63) is 29.8 Å². The largest absolute Gasteiger partial charge is 0.466 e. The van der Waals surface area contributed by atoms with Crippen molar-refractivity contribution in [3.63, 3.8) is 0 Å². The van der Waals surface area contributed by atoms with Crippen molar-refractivity contribution in [1.82, 2.24) is 9.80 Å². The fourth-order valence-corrected chi connectivity index (χ4v) is 4.23. The molecule has 0 spiro atoms. The number of nitrogens with zero attached hydrogens (tertiary/aromatic N) is 4. The van der Waals surface area contributed by atoms with Crippen LogP contribution in [0.2, 0.25) is 0 Å². The fraction of sp³-hybridized carbons (Fsp3) is 0.524. The maximum Gasteiger partial charge on any atom is 0.414 e. The van der Waals surface area contributed by atoms with E-state index in [9.17, 15) is 22.8 Å². The van der Waals surface area contributed by atoms with Crippen LogP contribution in [0.15, 0.2) is 28.7 Å². The highest BCUT2D eigenvalue weighted by Gasteiger charge is 2.35. The van der Waals surface area contributed by atoms with E-state index in [4.69, 9.17) is 15.2 Å². The van der Waals surface area contributed by atoms with Crippen LogP contribution in [0.25, 0.3) is 0 Å². The van der Waals surface area contributed by atoms with Gasteiger partial charge in [-0.05, 0) is 31.2 Å². The molecule has 3 rings (SSSR count). The number of nitrogens with two attached hydrogens (primary N) is 1. The number of piperazine rings is 1. The van der Waals surface area contributed by atoms with Crippen LogP contribution in [0.4, 0.5) is 10.5 Å². The van der Waals surface area contributed by atoms with Gasteiger partial charge in [0.15, 0.2) is 0 Å². The molecule has 2 saturated heterocycles. The highest BCUT2D eigenvalue weighted by molar-refractivity contribution is 7.89. The Kier molecular flexibility index (Phi) is 8.10. The second-order valence-electron chi connectivity index (χ2n) is 8.04. The van der Waals surface area contributed by atoms with Crippen LogP contribution < -0.4 is 10.6 Å². The molecule has 12 nitrogen and oxygen atoms in total. The maximum atomic E-state index is 12.4. The summed E-state index contributed by atoms with van der Waals surface area (Å²) in [4.78, 5) is 41.4. The average molecular weight is 496 g/mol. The van der Waals surface area contributed by atoms with Crippen LogP contribution in [0.5, 0.6) is 0 Å². The molecule has 0 radical (unpaired) electrons. The monoisotopic (exact) mass is 495 g/mol. The number of esters is 1. The summed E-state index contributed by atoms with van der Waals surface area (Å²) in [6.07, 6.45) is 0.197. The first-order valence-electron chi connectivity index (χ1n) is 10.9. The Labute approximate surface area is 198 Å². The second-order valence-corrected chi connectivity index (χ2v) is 9.69. The predicted octanol–water partition coefficient (Wildman–Crippen LogP) is -0.226. The summed E-state index contributed by atoms with van der Waals surface area (Å²) < 4.78 is 36.4. The average Bonchev–Trinajstić information content (AvgIpc) is 3.12. The third-order valence-electron chi connectivity index (χ3n) is 5.36. The molecule has 2 heterocycles. The van der Waals surface area contributed by atoms with Crippen LogP contribution in [0, 0.1) is 0 Å². The van der Waals surface area contributed by atoms with Crippen LogP contribution in [-0.2, 0) is 29.1 Å². The second kappa shape index (κ2) is 10.8. The van der Waals surface area contributed by atoms with Crippen molar-refractivity contribution in [3.8, 4) is 0 Å². The minimum atomic E-state index is -3.62. The van der Waals surface area contributed by atoms with E-state index in [0.717, 1.165) is 6.26 Å². The minimum Gasteiger partial charge on any atom is -0.466 e. The number of benzene rings is 1. The van der Waals surface area contributed by atoms with Crippen molar-refractivity contribution in [2.24, 2.45) is 10.1 Å². The van der Waals surface area contributed by atoms with E-state index in [-0.39, 0.29) is 30.7 Å². The SMILES string of the molecule is CCOC(=O)CCN1CCN(CC2CN(c3ccc(C(N)=NS(C)(=O)=O)cc3)C(=O)O2)CC1=O. The third-order valence-corrected chi connectivity index (χ3v) is 5.89. The summed E-state index contributed by atoms with van der Waals surface area (Å²) in [5, 5.41) is 0. The van der Waals surface area contributed by atoms with Gasteiger partial charge in [0.05, 0.1) is 32.4 Å². The van der Waals surface area contributed by atoms with Crippen LogP contribution in [0.1, 0.15) is 18.9 Å². The lowest BCUT2D eigenvalue weighted by molar-refractivity contribution is -0.144. The third kappa shape index (κ3) is 6.90. The molecule has 1 unspecified atom stereocenters. The van der Waals surface area contributed by atoms with Crippen molar-refractivity contribution in [2.75, 3.05) is 57.0 Å². The van der Waals surface area contributed by atoms with Gasteiger partial charge in [-0.3, -0.25) is 19.4 Å². The Morgan fingerprint density at radius 1 is 1.24 bits per heavy atom. The lowest BCUT2D eigenvalue weighted by Gasteiger charge is -2.34. The van der Waals surface area contributed by atoms with Gasteiger partial charge in [-0.1, -0.05) is 0 Å². The Morgan fingerprint density at radius 2 is 1.94 bits per heavy atom. The minimum absolute atomic E-state index is 0.0827. The molecule has 0 bridgehead atoms. The highest BCUT2D eigenvalue weighted by Crippen LogP contribution is 2.23. The number of hydrogen-bond donors (Lipinski definition) is 1. The predicted molar refractivity (Wildman–Crippen MR) is 124 cm³/mol. The van der Waals surface area contributed by atoms with Gasteiger partial charge in [0.1, 0.15) is 11.9 Å². The Hall–Kier alpha value is -3.19. The molecule has 186 valence electrons. The Balaban J connectivity index is 1.52. The molecule has 2 N–H and O–H groups in total. The molecular weight excluding hydrogens is 466 g/mol. The van der Waals surface area contributed by atoms with Crippen molar-refractivity contribution in [2.45, 2.75) is 19.4 Å². The number of carbonyl (C=O) groups is 3. The van der Waals surface area contributed by atoms with Crippen molar-refractivity contribution >= 4 is 39.5 Å². The van der Waals surface area contributed by atoms with E-state index in [2.05, 4.69) is 4.40 Å². The summed E-state index contributed by atoms with van der Waals surface area (Å²) in [5.74, 6) is -0.545. The van der Waals surface area contributed by atoms with Gasteiger partial charge in [-0.25, -0.2) is 13.2 Å². The van der Waals surface area contributed by atoms with Gasteiger partial charge < -0.3 is 20.1 Å². The summed E-state index contributed by atoms with van der Waals surface area (Å²) in [6, 6.07) is 6.42. The quantitative estimate of drug-likeness (QED) is 0.278. The van der Waals surface area contributed by atoms with Crippen LogP contribution in [-0.4, -0.2) is 100 Å². The molecule has 0 saturated carbocycles. The molecule has 34 heavy (non-hydrogen) atoms. The van der Waals surface area contributed by atoms with E-state index in [0.29, 0.717) is 50.6 Å². The summed E-state index contributed by atoms with van der Waals surface area (Å²) in [6.45, 7) is 4.37. The van der Waals surface area contributed by atoms with E-state index in [1.54, 1.807) is 36.1 Å². The Morgan fingerprint density at radius 3 is 2.56 bits per heavy atom. The normalized spacial score (nSPS) is 19.9. The number of amides is 2. The topological polar surface area (TPSA) is 152 Å². The van der Waals surface area contributed by atoms with E-state index < -0.39 is 22.2 Å². The molecule has 1 aromatic rings. The first-order valence-corrected chi connectivity index (χ1v) is 12.7. The lowest BCUT2D eigenvalue weighted by Crippen LogP contribution is -2.52. The van der Waals surface area contributed by atoms with Gasteiger partial charge in [-0.15, -0.1) is 4.40 Å². The van der Waals surface area contributed by atoms with Gasteiger partial charge in [0, 0.05) is 37.4 Å². The molecule has 13 heteroatoms. The molecule has 2 aliphatic heterocycles. The van der Waals surface area contributed by atoms with Crippen molar-refractivity contribution < 1.29 is 32.3 Å². The summed E-state index contributed by atoms with van der Waals surface area (Å²) in [7, 11) is -3.62. The molecule has 0 aliphatic carbocycles. The molecule has 2 fully saturated rings. The number of sulfonamides is 1. The molecule has 2 aliphatic rings. The number of rotatable bonds is 9. The zero-order valence-corrected chi connectivity index (χ0v) is 20.0. The van der Waals surface area contributed by atoms with Gasteiger partial charge in [0.25, 0.3) is 10.0 Å². The van der Waals surface area contributed by atoms with E-state index in [1.807, 2.05) is 4.90 Å². The van der Waals surface area contributed by atoms with Crippen LogP contribution in [0.3, 0.4) is 0 Å². The maximum absolute atomic E-state index is 12.4. The molecule has 2 amide bonds. The smallest absolute Gasteiger partial charge is 0.414 e. The number of amidine groups is 1.